The summed E-state index contributed by atoms with van der Waals surface area (Å²) in [4.78, 5) is 24.0. The molecule has 1 aliphatic carbocycles. The van der Waals surface area contributed by atoms with Crippen LogP contribution in [0.15, 0.2) is 140 Å². The summed E-state index contributed by atoms with van der Waals surface area (Å²) in [5, 5.41) is 0. The molecule has 0 spiro atoms. The molecule has 5 heteroatoms. The fourth-order valence-corrected chi connectivity index (χ4v) is 6.26. The van der Waals surface area contributed by atoms with E-state index < -0.39 is 0 Å². The van der Waals surface area contributed by atoms with E-state index in [0.29, 0.717) is 17.5 Å². The third-order valence-electron chi connectivity index (χ3n) is 8.66. The summed E-state index contributed by atoms with van der Waals surface area (Å²) in [5.74, 6) is 1.97. The Morgan fingerprint density at radius 1 is 0.422 bits per heavy atom. The molecule has 3 aromatic heterocycles. The minimum atomic E-state index is -0.133. The maximum Gasteiger partial charge on any atom is 0.164 e. The smallest absolute Gasteiger partial charge is 0.164 e. The molecule has 0 bridgehead atoms. The minimum Gasteiger partial charge on any atom is -0.255 e. The van der Waals surface area contributed by atoms with Crippen molar-refractivity contribution < 1.29 is 0 Å². The van der Waals surface area contributed by atoms with Gasteiger partial charge in [0.1, 0.15) is 0 Å². The molecule has 0 fully saturated rings. The van der Waals surface area contributed by atoms with Crippen molar-refractivity contribution in [2.24, 2.45) is 0 Å². The number of benzene rings is 4. The van der Waals surface area contributed by atoms with E-state index in [2.05, 4.69) is 61.3 Å². The van der Waals surface area contributed by atoms with Gasteiger partial charge in [0.25, 0.3) is 0 Å². The van der Waals surface area contributed by atoms with Crippen molar-refractivity contribution >= 4 is 0 Å². The van der Waals surface area contributed by atoms with Crippen LogP contribution in [0.1, 0.15) is 25.0 Å². The van der Waals surface area contributed by atoms with Gasteiger partial charge in [-0.15, -0.1) is 0 Å². The molecular formula is C40H29N5. The van der Waals surface area contributed by atoms with Crippen molar-refractivity contribution in [1.82, 2.24) is 24.9 Å². The fourth-order valence-electron chi connectivity index (χ4n) is 6.26. The number of fused-ring (bicyclic) bond motifs is 3. The topological polar surface area (TPSA) is 64.5 Å². The maximum absolute atomic E-state index is 4.98. The van der Waals surface area contributed by atoms with E-state index in [1.54, 1.807) is 6.20 Å². The third kappa shape index (κ3) is 4.79. The summed E-state index contributed by atoms with van der Waals surface area (Å²) >= 11 is 0. The second-order valence-corrected chi connectivity index (χ2v) is 11.8. The standard InChI is InChI=1S/C40H29N5/c1-40(2)33-19-16-28(30-18-21-36(42-25-30)35-15-9-10-22-41-35)23-31(33)32-24-29(17-20-34(32)40)39-44-37(26-11-5-3-6-12-26)43-38(45-39)27-13-7-4-8-14-27/h3-25H,1-2H3. The molecule has 0 aliphatic heterocycles. The van der Waals surface area contributed by atoms with Crippen LogP contribution in [-0.4, -0.2) is 24.9 Å². The fraction of sp³-hybridized carbons (Fsp3) is 0.0750. The van der Waals surface area contributed by atoms with Crippen LogP contribution in [0.25, 0.3) is 67.8 Å². The van der Waals surface area contributed by atoms with E-state index in [-0.39, 0.29) is 5.41 Å². The average molecular weight is 580 g/mol. The first kappa shape index (κ1) is 26.8. The third-order valence-corrected chi connectivity index (χ3v) is 8.66. The van der Waals surface area contributed by atoms with Crippen LogP contribution in [0.3, 0.4) is 0 Å². The lowest BCUT2D eigenvalue weighted by Gasteiger charge is -2.21. The highest BCUT2D eigenvalue weighted by Crippen LogP contribution is 2.50. The van der Waals surface area contributed by atoms with E-state index in [9.17, 15) is 0 Å². The molecule has 0 unspecified atom stereocenters. The molecule has 3 heterocycles. The molecule has 0 saturated carbocycles. The normalized spacial score (nSPS) is 12.8. The van der Waals surface area contributed by atoms with E-state index in [1.165, 1.54) is 22.3 Å². The number of pyridine rings is 2. The van der Waals surface area contributed by atoms with Gasteiger partial charge in [0.05, 0.1) is 11.4 Å². The quantitative estimate of drug-likeness (QED) is 0.203. The first-order valence-electron chi connectivity index (χ1n) is 15.1. The Morgan fingerprint density at radius 3 is 1.49 bits per heavy atom. The largest absolute Gasteiger partial charge is 0.255 e. The summed E-state index contributed by atoms with van der Waals surface area (Å²) in [5.41, 5.74) is 11.7. The Labute approximate surface area is 262 Å². The summed E-state index contributed by atoms with van der Waals surface area (Å²) in [6.45, 7) is 4.59. The van der Waals surface area contributed by atoms with Crippen LogP contribution >= 0.6 is 0 Å². The molecule has 0 radical (unpaired) electrons. The highest BCUT2D eigenvalue weighted by atomic mass is 15.0. The molecular weight excluding hydrogens is 550 g/mol. The molecule has 0 amide bonds. The van der Waals surface area contributed by atoms with Gasteiger partial charge in [0.2, 0.25) is 0 Å². The van der Waals surface area contributed by atoms with Crippen molar-refractivity contribution in [3.63, 3.8) is 0 Å². The number of hydrogen-bond donors (Lipinski definition) is 0. The van der Waals surface area contributed by atoms with Gasteiger partial charge in [-0.3, -0.25) is 9.97 Å². The lowest BCUT2D eigenvalue weighted by Crippen LogP contribution is -2.14. The van der Waals surface area contributed by atoms with Crippen molar-refractivity contribution in [3.05, 3.63) is 151 Å². The van der Waals surface area contributed by atoms with Gasteiger partial charge >= 0.3 is 0 Å². The monoisotopic (exact) mass is 579 g/mol. The molecule has 7 aromatic rings. The van der Waals surface area contributed by atoms with Gasteiger partial charge in [-0.05, 0) is 58.1 Å². The molecule has 0 N–H and O–H groups in total. The summed E-state index contributed by atoms with van der Waals surface area (Å²) < 4.78 is 0. The van der Waals surface area contributed by atoms with Crippen LogP contribution < -0.4 is 0 Å². The molecule has 1 aliphatic rings. The Kier molecular flexibility index (Phi) is 6.38. The van der Waals surface area contributed by atoms with Gasteiger partial charge < -0.3 is 0 Å². The van der Waals surface area contributed by atoms with Gasteiger partial charge in [-0.1, -0.05) is 111 Å². The predicted octanol–water partition coefficient (Wildman–Crippen LogP) is 9.30. The van der Waals surface area contributed by atoms with Crippen LogP contribution in [0, 0.1) is 0 Å². The van der Waals surface area contributed by atoms with Crippen molar-refractivity contribution in [1.29, 1.82) is 0 Å². The molecule has 214 valence electrons. The second kappa shape index (κ2) is 10.7. The van der Waals surface area contributed by atoms with Crippen LogP contribution in [0.4, 0.5) is 0 Å². The Hall–Kier alpha value is -5.81. The Morgan fingerprint density at radius 2 is 0.933 bits per heavy atom. The van der Waals surface area contributed by atoms with E-state index in [0.717, 1.165) is 39.2 Å². The first-order valence-corrected chi connectivity index (χ1v) is 15.1. The highest BCUT2D eigenvalue weighted by molar-refractivity contribution is 5.87. The number of rotatable bonds is 5. The summed E-state index contributed by atoms with van der Waals surface area (Å²) in [6.07, 6.45) is 3.73. The zero-order chi connectivity index (χ0) is 30.4. The first-order chi connectivity index (χ1) is 22.0. The second-order valence-electron chi connectivity index (χ2n) is 11.8. The predicted molar refractivity (Wildman–Crippen MR) is 180 cm³/mol. The molecule has 0 atom stereocenters. The lowest BCUT2D eigenvalue weighted by atomic mass is 9.82. The van der Waals surface area contributed by atoms with Crippen LogP contribution in [-0.2, 0) is 5.41 Å². The van der Waals surface area contributed by atoms with E-state index >= 15 is 0 Å². The molecule has 4 aromatic carbocycles. The maximum atomic E-state index is 4.98. The number of aromatic nitrogens is 5. The lowest BCUT2D eigenvalue weighted by molar-refractivity contribution is 0.660. The average Bonchev–Trinajstić information content (AvgIpc) is 3.34. The van der Waals surface area contributed by atoms with Crippen LogP contribution in [0.2, 0.25) is 0 Å². The molecule has 0 saturated heterocycles. The molecule has 8 rings (SSSR count). The Balaban J connectivity index is 1.23. The van der Waals surface area contributed by atoms with Crippen molar-refractivity contribution in [2.75, 3.05) is 0 Å². The van der Waals surface area contributed by atoms with Crippen molar-refractivity contribution in [2.45, 2.75) is 19.3 Å². The zero-order valence-corrected chi connectivity index (χ0v) is 25.0. The van der Waals surface area contributed by atoms with Gasteiger partial charge in [-0.25, -0.2) is 15.0 Å². The summed E-state index contributed by atoms with van der Waals surface area (Å²) in [7, 11) is 0. The number of hydrogen-bond acceptors (Lipinski definition) is 5. The van der Waals surface area contributed by atoms with Gasteiger partial charge in [-0.2, -0.15) is 0 Å². The summed E-state index contributed by atoms with van der Waals surface area (Å²) in [6, 6.07) is 43.6. The minimum absolute atomic E-state index is 0.133. The number of nitrogens with zero attached hydrogens (tertiary/aromatic N) is 5. The van der Waals surface area contributed by atoms with Crippen molar-refractivity contribution in [3.8, 4) is 67.8 Å². The Bertz CT molecular complexity index is 2100. The van der Waals surface area contributed by atoms with Crippen LogP contribution in [0.5, 0.6) is 0 Å². The van der Waals surface area contributed by atoms with E-state index in [4.69, 9.17) is 19.9 Å². The molecule has 5 nitrogen and oxygen atoms in total. The van der Waals surface area contributed by atoms with E-state index in [1.807, 2.05) is 91.1 Å². The molecule has 45 heavy (non-hydrogen) atoms. The van der Waals surface area contributed by atoms with Gasteiger partial charge in [0.15, 0.2) is 17.5 Å². The zero-order valence-electron chi connectivity index (χ0n) is 25.0. The van der Waals surface area contributed by atoms with Gasteiger partial charge in [0, 0.05) is 40.1 Å². The highest BCUT2D eigenvalue weighted by Gasteiger charge is 2.36. The SMILES string of the molecule is CC1(C)c2ccc(-c3ccc(-c4ccccn4)nc3)cc2-c2cc(-c3nc(-c4ccccc4)nc(-c4ccccc4)n3)ccc21.